The number of carbonyl (C=O) groups excluding carboxylic acids is 2. The number of thioether (sulfide) groups is 1. The van der Waals surface area contributed by atoms with Crippen LogP contribution in [0, 0.1) is 6.92 Å². The Morgan fingerprint density at radius 1 is 1.53 bits per heavy atom. The van der Waals surface area contributed by atoms with Crippen LogP contribution in [0.4, 0.5) is 5.69 Å². The van der Waals surface area contributed by atoms with E-state index in [1.165, 1.54) is 18.4 Å². The molecule has 0 aliphatic heterocycles. The van der Waals surface area contributed by atoms with Gasteiger partial charge >= 0.3 is 5.97 Å². The average molecular weight is 273 g/mol. The highest BCUT2D eigenvalue weighted by Gasteiger charge is 2.18. The Kier molecular flexibility index (Phi) is 5.50. The fourth-order valence-electron chi connectivity index (χ4n) is 1.24. The summed E-state index contributed by atoms with van der Waals surface area (Å²) in [4.78, 5) is 23.5. The van der Waals surface area contributed by atoms with Gasteiger partial charge in [0.05, 0.1) is 12.8 Å². The molecule has 0 aliphatic carbocycles. The Morgan fingerprint density at radius 3 is 2.82 bits per heavy atom. The van der Waals surface area contributed by atoms with Gasteiger partial charge in [0.25, 0.3) is 0 Å². The third-order valence-electron chi connectivity index (χ3n) is 2.14. The number of thiophene rings is 1. The molecule has 94 valence electrons. The van der Waals surface area contributed by atoms with Gasteiger partial charge in [-0.15, -0.1) is 11.3 Å². The number of aryl methyl sites for hydroxylation is 1. The number of hydrogen-bond acceptors (Lipinski definition) is 5. The number of amides is 1. The maximum Gasteiger partial charge on any atom is 0.350 e. The highest BCUT2D eigenvalue weighted by atomic mass is 32.2. The van der Waals surface area contributed by atoms with E-state index >= 15 is 0 Å². The second-order valence-electron chi connectivity index (χ2n) is 3.41. The smallest absolute Gasteiger partial charge is 0.350 e. The summed E-state index contributed by atoms with van der Waals surface area (Å²) >= 11 is 2.89. The molecule has 0 aliphatic rings. The maximum absolute atomic E-state index is 11.6. The number of rotatable bonds is 5. The van der Waals surface area contributed by atoms with Crippen molar-refractivity contribution in [1.29, 1.82) is 0 Å². The minimum absolute atomic E-state index is 0.0778. The van der Waals surface area contributed by atoms with Crippen LogP contribution in [0.25, 0.3) is 0 Å². The third-order valence-corrected chi connectivity index (χ3v) is 3.83. The number of hydrogen-bond donors (Lipinski definition) is 1. The topological polar surface area (TPSA) is 55.4 Å². The van der Waals surface area contributed by atoms with Crippen LogP contribution in [0.5, 0.6) is 0 Å². The van der Waals surface area contributed by atoms with Crippen molar-refractivity contribution in [2.24, 2.45) is 0 Å². The summed E-state index contributed by atoms with van der Waals surface area (Å²) in [5, 5.41) is 4.60. The lowest BCUT2D eigenvalue weighted by Gasteiger charge is -2.06. The van der Waals surface area contributed by atoms with Gasteiger partial charge in [0.15, 0.2) is 0 Å². The van der Waals surface area contributed by atoms with E-state index in [4.69, 9.17) is 0 Å². The Hall–Kier alpha value is -1.01. The number of anilines is 1. The first-order valence-electron chi connectivity index (χ1n) is 5.05. The summed E-state index contributed by atoms with van der Waals surface area (Å²) < 4.78 is 4.67. The maximum atomic E-state index is 11.6. The van der Waals surface area contributed by atoms with Crippen LogP contribution in [-0.2, 0) is 9.53 Å². The SMILES string of the molecule is COC(=O)c1scc(C)c1NC(=O)CCSC. The molecule has 0 aromatic carbocycles. The number of esters is 1. The van der Waals surface area contributed by atoms with Gasteiger partial charge in [-0.1, -0.05) is 0 Å². The van der Waals surface area contributed by atoms with E-state index in [-0.39, 0.29) is 5.91 Å². The minimum atomic E-state index is -0.414. The van der Waals surface area contributed by atoms with Gasteiger partial charge in [-0.2, -0.15) is 11.8 Å². The number of nitrogens with one attached hydrogen (secondary N) is 1. The van der Waals surface area contributed by atoms with Gasteiger partial charge in [0.1, 0.15) is 4.88 Å². The zero-order valence-corrected chi connectivity index (χ0v) is 11.7. The molecular weight excluding hydrogens is 258 g/mol. The second-order valence-corrected chi connectivity index (χ2v) is 5.27. The van der Waals surface area contributed by atoms with Gasteiger partial charge in [-0.25, -0.2) is 4.79 Å². The van der Waals surface area contributed by atoms with Crippen LogP contribution in [0.2, 0.25) is 0 Å². The van der Waals surface area contributed by atoms with Gasteiger partial charge in [0, 0.05) is 12.2 Å². The fraction of sp³-hybridized carbons (Fsp3) is 0.455. The lowest BCUT2D eigenvalue weighted by molar-refractivity contribution is -0.115. The molecule has 17 heavy (non-hydrogen) atoms. The van der Waals surface area contributed by atoms with Crippen molar-refractivity contribution < 1.29 is 14.3 Å². The molecule has 0 bridgehead atoms. The first-order chi connectivity index (χ1) is 8.10. The quantitative estimate of drug-likeness (QED) is 0.838. The average Bonchev–Trinajstić information content (AvgIpc) is 2.67. The number of methoxy groups -OCH3 is 1. The molecule has 4 nitrogen and oxygen atoms in total. The van der Waals surface area contributed by atoms with E-state index in [2.05, 4.69) is 10.1 Å². The largest absolute Gasteiger partial charge is 0.465 e. The summed E-state index contributed by atoms with van der Waals surface area (Å²) in [6.45, 7) is 1.85. The van der Waals surface area contributed by atoms with E-state index in [0.29, 0.717) is 17.0 Å². The normalized spacial score (nSPS) is 10.1. The van der Waals surface area contributed by atoms with Crippen molar-refractivity contribution >= 4 is 40.7 Å². The summed E-state index contributed by atoms with van der Waals surface area (Å²) in [6, 6.07) is 0. The Morgan fingerprint density at radius 2 is 2.24 bits per heavy atom. The van der Waals surface area contributed by atoms with Crippen LogP contribution < -0.4 is 5.32 Å². The Labute approximate surface area is 109 Å². The highest BCUT2D eigenvalue weighted by molar-refractivity contribution is 7.98. The predicted octanol–water partition coefficient (Wildman–Crippen LogP) is 2.53. The lowest BCUT2D eigenvalue weighted by Crippen LogP contribution is -2.15. The third kappa shape index (κ3) is 3.74. The molecule has 1 aromatic heterocycles. The summed E-state index contributed by atoms with van der Waals surface area (Å²) in [7, 11) is 1.33. The molecule has 1 N–H and O–H groups in total. The number of carbonyl (C=O) groups is 2. The van der Waals surface area contributed by atoms with Crippen LogP contribution in [-0.4, -0.2) is 31.0 Å². The molecule has 1 rings (SSSR count). The first-order valence-corrected chi connectivity index (χ1v) is 7.32. The van der Waals surface area contributed by atoms with Gasteiger partial charge < -0.3 is 10.1 Å². The Balaban J connectivity index is 2.79. The summed E-state index contributed by atoms with van der Waals surface area (Å²) in [5.41, 5.74) is 1.46. The number of ether oxygens (including phenoxy) is 1. The van der Waals surface area contributed by atoms with Crippen molar-refractivity contribution in [3.05, 3.63) is 15.8 Å². The molecule has 0 fully saturated rings. The van der Waals surface area contributed by atoms with Crippen molar-refractivity contribution in [3.63, 3.8) is 0 Å². The van der Waals surface area contributed by atoms with Gasteiger partial charge in [-0.05, 0) is 24.1 Å². The monoisotopic (exact) mass is 273 g/mol. The van der Waals surface area contributed by atoms with Gasteiger partial charge in [0.2, 0.25) is 5.91 Å². The molecule has 1 amide bonds. The van der Waals surface area contributed by atoms with E-state index < -0.39 is 5.97 Å². The molecular formula is C11H15NO3S2. The van der Waals surface area contributed by atoms with E-state index in [1.54, 1.807) is 11.8 Å². The minimum Gasteiger partial charge on any atom is -0.465 e. The second kappa shape index (κ2) is 6.66. The summed E-state index contributed by atoms with van der Waals surface area (Å²) in [6.07, 6.45) is 2.39. The molecule has 0 saturated heterocycles. The molecule has 0 unspecified atom stereocenters. The zero-order valence-electron chi connectivity index (χ0n) is 10.0. The van der Waals surface area contributed by atoms with Gasteiger partial charge in [-0.3, -0.25) is 4.79 Å². The van der Waals surface area contributed by atoms with Crippen LogP contribution in [0.15, 0.2) is 5.38 Å². The van der Waals surface area contributed by atoms with E-state index in [0.717, 1.165) is 11.3 Å². The zero-order chi connectivity index (χ0) is 12.8. The molecule has 6 heteroatoms. The highest BCUT2D eigenvalue weighted by Crippen LogP contribution is 2.28. The molecule has 0 spiro atoms. The van der Waals surface area contributed by atoms with Crippen molar-refractivity contribution in [1.82, 2.24) is 0 Å². The van der Waals surface area contributed by atoms with E-state index in [1.807, 2.05) is 18.6 Å². The van der Waals surface area contributed by atoms with Crippen LogP contribution in [0.1, 0.15) is 21.7 Å². The van der Waals surface area contributed by atoms with Crippen molar-refractivity contribution in [2.45, 2.75) is 13.3 Å². The van der Waals surface area contributed by atoms with E-state index in [9.17, 15) is 9.59 Å². The van der Waals surface area contributed by atoms with Crippen molar-refractivity contribution in [2.75, 3.05) is 24.4 Å². The predicted molar refractivity (Wildman–Crippen MR) is 72.0 cm³/mol. The standard InChI is InChI=1S/C11H15NO3S2/c1-7-6-17-10(11(14)15-2)9(7)12-8(13)4-5-16-3/h6H,4-5H2,1-3H3,(H,12,13). The molecule has 1 aromatic rings. The molecule has 0 radical (unpaired) electrons. The van der Waals surface area contributed by atoms with Crippen LogP contribution in [0.3, 0.4) is 0 Å². The molecule has 0 atom stereocenters. The molecule has 0 saturated carbocycles. The molecule has 1 heterocycles. The Bertz CT molecular complexity index is 415. The fourth-order valence-corrected chi connectivity index (χ4v) is 2.55. The van der Waals surface area contributed by atoms with Crippen molar-refractivity contribution in [3.8, 4) is 0 Å². The van der Waals surface area contributed by atoms with Crippen LogP contribution >= 0.6 is 23.1 Å². The first kappa shape index (κ1) is 14.1. The lowest BCUT2D eigenvalue weighted by atomic mass is 10.2. The summed E-state index contributed by atoms with van der Waals surface area (Å²) in [5.74, 6) is 0.275.